The lowest BCUT2D eigenvalue weighted by Gasteiger charge is -2.32. The highest BCUT2D eigenvalue weighted by molar-refractivity contribution is 5.73. The van der Waals surface area contributed by atoms with Gasteiger partial charge in [0.2, 0.25) is 0 Å². The Bertz CT molecular complexity index is 375. The van der Waals surface area contributed by atoms with E-state index < -0.39 is 0 Å². The van der Waals surface area contributed by atoms with E-state index in [4.69, 9.17) is 4.74 Å². The van der Waals surface area contributed by atoms with Crippen LogP contribution < -0.4 is 10.6 Å². The van der Waals surface area contributed by atoms with Gasteiger partial charge in [0.15, 0.2) is 0 Å². The molecule has 1 saturated heterocycles. The summed E-state index contributed by atoms with van der Waals surface area (Å²) >= 11 is 0. The minimum Gasteiger partial charge on any atom is -0.379 e. The highest BCUT2D eigenvalue weighted by Gasteiger charge is 2.17. The van der Waals surface area contributed by atoms with E-state index in [1.807, 2.05) is 6.07 Å². The molecule has 1 atom stereocenters. The smallest absolute Gasteiger partial charge is 0.315 e. The highest BCUT2D eigenvalue weighted by Crippen LogP contribution is 2.02. The molecular weight excluding hydrogens is 246 g/mol. The first-order valence-electron chi connectivity index (χ1n) is 6.57. The summed E-state index contributed by atoms with van der Waals surface area (Å²) in [6.45, 7) is 6.61. The monoisotopic (exact) mass is 267 g/mol. The summed E-state index contributed by atoms with van der Waals surface area (Å²) < 4.78 is 5.30. The Balaban J connectivity index is 1.62. The number of aromatic amines is 1. The van der Waals surface area contributed by atoms with Crippen LogP contribution in [0.1, 0.15) is 12.6 Å². The summed E-state index contributed by atoms with van der Waals surface area (Å²) in [5, 5.41) is 12.3. The molecule has 7 nitrogen and oxygen atoms in total. The number of nitrogens with one attached hydrogen (secondary N) is 3. The van der Waals surface area contributed by atoms with Gasteiger partial charge in [-0.1, -0.05) is 0 Å². The Hall–Kier alpha value is -1.60. The largest absolute Gasteiger partial charge is 0.379 e. The first kappa shape index (κ1) is 13.8. The Morgan fingerprint density at radius 2 is 2.32 bits per heavy atom. The van der Waals surface area contributed by atoms with Crippen molar-refractivity contribution >= 4 is 6.03 Å². The summed E-state index contributed by atoms with van der Waals surface area (Å²) in [5.41, 5.74) is 0.886. The first-order valence-corrected chi connectivity index (χ1v) is 6.57. The predicted molar refractivity (Wildman–Crippen MR) is 70.7 cm³/mol. The van der Waals surface area contributed by atoms with Crippen molar-refractivity contribution in [3.63, 3.8) is 0 Å². The van der Waals surface area contributed by atoms with Gasteiger partial charge >= 0.3 is 6.03 Å². The number of hydrogen-bond acceptors (Lipinski definition) is 4. The number of urea groups is 1. The summed E-state index contributed by atoms with van der Waals surface area (Å²) in [6, 6.07) is 1.99. The zero-order valence-electron chi connectivity index (χ0n) is 11.2. The van der Waals surface area contributed by atoms with Crippen LogP contribution >= 0.6 is 0 Å². The number of hydrogen-bond donors (Lipinski definition) is 3. The Kier molecular flexibility index (Phi) is 5.17. The number of morpholine rings is 1. The molecule has 2 rings (SSSR count). The maximum absolute atomic E-state index is 11.6. The molecule has 1 aliphatic rings. The van der Waals surface area contributed by atoms with Crippen molar-refractivity contribution < 1.29 is 9.53 Å². The van der Waals surface area contributed by atoms with Gasteiger partial charge in [0, 0.05) is 31.9 Å². The maximum atomic E-state index is 11.6. The summed E-state index contributed by atoms with van der Waals surface area (Å²) in [5.74, 6) is 0. The van der Waals surface area contributed by atoms with Gasteiger partial charge < -0.3 is 15.4 Å². The topological polar surface area (TPSA) is 82.3 Å². The second-order valence-corrected chi connectivity index (χ2v) is 4.64. The summed E-state index contributed by atoms with van der Waals surface area (Å²) in [6.07, 6.45) is 1.66. The van der Waals surface area contributed by atoms with Gasteiger partial charge in [-0.25, -0.2) is 4.79 Å². The van der Waals surface area contributed by atoms with E-state index in [9.17, 15) is 4.79 Å². The van der Waals surface area contributed by atoms with Crippen molar-refractivity contribution in [2.45, 2.75) is 19.5 Å². The van der Waals surface area contributed by atoms with E-state index in [1.54, 1.807) is 6.20 Å². The lowest BCUT2D eigenvalue weighted by atomic mass is 10.2. The summed E-state index contributed by atoms with van der Waals surface area (Å²) in [7, 11) is 0. The van der Waals surface area contributed by atoms with E-state index >= 15 is 0 Å². The van der Waals surface area contributed by atoms with E-state index in [2.05, 4.69) is 32.7 Å². The van der Waals surface area contributed by atoms with Gasteiger partial charge in [-0.3, -0.25) is 10.00 Å². The number of carbonyl (C=O) groups excluding carboxylic acids is 1. The number of carbonyl (C=O) groups is 1. The van der Waals surface area contributed by atoms with Crippen LogP contribution in [-0.2, 0) is 11.3 Å². The molecule has 0 saturated carbocycles. The van der Waals surface area contributed by atoms with Crippen molar-refractivity contribution in [3.05, 3.63) is 18.0 Å². The number of rotatable bonds is 5. The molecule has 2 amide bonds. The van der Waals surface area contributed by atoms with Crippen molar-refractivity contribution in [3.8, 4) is 0 Å². The molecule has 1 aliphatic heterocycles. The predicted octanol–water partition coefficient (Wildman–Crippen LogP) is -0.0704. The molecule has 1 fully saturated rings. The molecule has 19 heavy (non-hydrogen) atoms. The van der Waals surface area contributed by atoms with Crippen molar-refractivity contribution in [1.82, 2.24) is 25.7 Å². The van der Waals surface area contributed by atoms with Gasteiger partial charge in [-0.15, -0.1) is 0 Å². The molecule has 106 valence electrons. The van der Waals surface area contributed by atoms with Crippen LogP contribution in [0.4, 0.5) is 4.79 Å². The average Bonchev–Trinajstić information content (AvgIpc) is 2.96. The third kappa shape index (κ3) is 4.53. The Morgan fingerprint density at radius 3 is 3.00 bits per heavy atom. The molecule has 3 N–H and O–H groups in total. The summed E-state index contributed by atoms with van der Waals surface area (Å²) in [4.78, 5) is 13.9. The van der Waals surface area contributed by atoms with Crippen LogP contribution in [0.3, 0.4) is 0 Å². The first-order chi connectivity index (χ1) is 9.25. The van der Waals surface area contributed by atoms with Gasteiger partial charge in [0.25, 0.3) is 0 Å². The second-order valence-electron chi connectivity index (χ2n) is 4.64. The van der Waals surface area contributed by atoms with Crippen molar-refractivity contribution in [1.29, 1.82) is 0 Å². The molecule has 0 unspecified atom stereocenters. The number of aromatic nitrogens is 2. The van der Waals surface area contributed by atoms with Gasteiger partial charge in [-0.05, 0) is 13.0 Å². The number of nitrogens with zero attached hydrogens (tertiary/aromatic N) is 2. The molecule has 1 aromatic heterocycles. The normalized spacial score (nSPS) is 17.9. The van der Waals surface area contributed by atoms with Crippen molar-refractivity contribution in [2.24, 2.45) is 0 Å². The molecule has 0 spiro atoms. The molecule has 0 aliphatic carbocycles. The van der Waals surface area contributed by atoms with Gasteiger partial charge in [0.05, 0.1) is 25.5 Å². The standard InChI is InChI=1S/C12H21N5O2/c1-10(17-4-6-19-7-5-17)8-13-12(18)14-9-11-2-3-15-16-11/h2-3,10H,4-9H2,1H3,(H,15,16)(H2,13,14,18)/t10-/m1/s1. The lowest BCUT2D eigenvalue weighted by molar-refractivity contribution is 0.0209. The minimum atomic E-state index is -0.158. The van der Waals surface area contributed by atoms with Gasteiger partial charge in [-0.2, -0.15) is 5.10 Å². The molecule has 7 heteroatoms. The molecule has 0 aromatic carbocycles. The lowest BCUT2D eigenvalue weighted by Crippen LogP contribution is -2.48. The fourth-order valence-electron chi connectivity index (χ4n) is 2.01. The SMILES string of the molecule is C[C@H](CNC(=O)NCc1ccn[nH]1)N1CCOCC1. The Labute approximate surface area is 112 Å². The molecule has 1 aromatic rings. The Morgan fingerprint density at radius 1 is 1.53 bits per heavy atom. The van der Waals surface area contributed by atoms with Crippen LogP contribution in [0, 0.1) is 0 Å². The third-order valence-electron chi connectivity index (χ3n) is 3.22. The molecule has 0 bridgehead atoms. The zero-order valence-corrected chi connectivity index (χ0v) is 11.2. The van der Waals surface area contributed by atoms with Crippen LogP contribution in [0.25, 0.3) is 0 Å². The van der Waals surface area contributed by atoms with E-state index in [-0.39, 0.29) is 6.03 Å². The number of ether oxygens (including phenoxy) is 1. The van der Waals surface area contributed by atoms with Crippen LogP contribution in [0.15, 0.2) is 12.3 Å². The van der Waals surface area contributed by atoms with Crippen molar-refractivity contribution in [2.75, 3.05) is 32.8 Å². The van der Waals surface area contributed by atoms with Gasteiger partial charge in [0.1, 0.15) is 0 Å². The van der Waals surface area contributed by atoms with Crippen LogP contribution in [0.2, 0.25) is 0 Å². The molecule has 2 heterocycles. The second kappa shape index (κ2) is 7.10. The van der Waals surface area contributed by atoms with E-state index in [1.165, 1.54) is 0 Å². The molecule has 0 radical (unpaired) electrons. The minimum absolute atomic E-state index is 0.158. The van der Waals surface area contributed by atoms with E-state index in [0.717, 1.165) is 32.0 Å². The fourth-order valence-corrected chi connectivity index (χ4v) is 2.01. The average molecular weight is 267 g/mol. The quantitative estimate of drug-likeness (QED) is 0.697. The third-order valence-corrected chi connectivity index (χ3v) is 3.22. The number of H-pyrrole nitrogens is 1. The number of amides is 2. The highest BCUT2D eigenvalue weighted by atomic mass is 16.5. The molecular formula is C12H21N5O2. The van der Waals surface area contributed by atoms with Crippen LogP contribution in [0.5, 0.6) is 0 Å². The van der Waals surface area contributed by atoms with Crippen LogP contribution in [-0.4, -0.2) is 60.0 Å². The fraction of sp³-hybridized carbons (Fsp3) is 0.667. The van der Waals surface area contributed by atoms with E-state index in [0.29, 0.717) is 19.1 Å². The zero-order chi connectivity index (χ0) is 13.5. The maximum Gasteiger partial charge on any atom is 0.315 e.